The van der Waals surface area contributed by atoms with Crippen LogP contribution in [0.25, 0.3) is 0 Å². The van der Waals surface area contributed by atoms with Crippen molar-refractivity contribution in [2.45, 2.75) is 63.9 Å². The van der Waals surface area contributed by atoms with Crippen LogP contribution in [-0.2, 0) is 0 Å². The summed E-state index contributed by atoms with van der Waals surface area (Å²) in [4.78, 5) is 0. The van der Waals surface area contributed by atoms with E-state index in [1.807, 2.05) is 0 Å². The van der Waals surface area contributed by atoms with Crippen molar-refractivity contribution < 1.29 is 5.11 Å². The molecule has 0 aliphatic heterocycles. The molecule has 0 spiro atoms. The maximum Gasteiger partial charge on any atom is 0.0835 e. The fraction of sp³-hybridized carbons (Fsp3) is 0.923. The lowest BCUT2D eigenvalue weighted by Crippen LogP contribution is -2.36. The van der Waals surface area contributed by atoms with Crippen LogP contribution in [0.2, 0.25) is 0 Å². The third kappa shape index (κ3) is 2.34. The Morgan fingerprint density at radius 1 is 1.07 bits per heavy atom. The van der Waals surface area contributed by atoms with Gasteiger partial charge in [-0.15, -0.1) is 0 Å². The van der Waals surface area contributed by atoms with Gasteiger partial charge in [-0.25, -0.2) is 0 Å². The fourth-order valence-corrected chi connectivity index (χ4v) is 2.87. The molecule has 1 unspecified atom stereocenters. The summed E-state index contributed by atoms with van der Waals surface area (Å²) < 4.78 is 0. The van der Waals surface area contributed by atoms with E-state index in [-0.39, 0.29) is 6.10 Å². The molecule has 0 aromatic heterocycles. The van der Waals surface area contributed by atoms with Crippen molar-refractivity contribution in [2.24, 2.45) is 11.3 Å². The first kappa shape index (κ1) is 11.0. The zero-order valence-corrected chi connectivity index (χ0v) is 9.41. The molecule has 0 heterocycles. The number of hydrogen-bond acceptors (Lipinski definition) is 2. The van der Waals surface area contributed by atoms with Crippen molar-refractivity contribution in [3.8, 4) is 6.07 Å². The molecule has 0 amide bonds. The molecule has 2 rings (SSSR count). The maximum absolute atomic E-state index is 10.3. The Kier molecular flexibility index (Phi) is 3.31. The molecule has 15 heavy (non-hydrogen) atoms. The van der Waals surface area contributed by atoms with Crippen LogP contribution in [0.4, 0.5) is 0 Å². The number of hydrogen-bond donors (Lipinski definition) is 1. The van der Waals surface area contributed by atoms with Gasteiger partial charge in [0.15, 0.2) is 0 Å². The van der Waals surface area contributed by atoms with Gasteiger partial charge in [-0.05, 0) is 31.6 Å². The lowest BCUT2D eigenvalue weighted by atomic mass is 9.72. The highest BCUT2D eigenvalue weighted by Gasteiger charge is 2.45. The Hall–Kier alpha value is -0.550. The third-order valence-electron chi connectivity index (χ3n) is 4.10. The second kappa shape index (κ2) is 4.53. The van der Waals surface area contributed by atoms with Gasteiger partial charge in [0.05, 0.1) is 17.6 Å². The third-order valence-corrected chi connectivity index (χ3v) is 4.10. The smallest absolute Gasteiger partial charge is 0.0835 e. The topological polar surface area (TPSA) is 44.0 Å². The number of aliphatic hydroxyl groups is 1. The molecule has 2 saturated carbocycles. The average molecular weight is 207 g/mol. The van der Waals surface area contributed by atoms with Crippen LogP contribution in [0.3, 0.4) is 0 Å². The zero-order chi connectivity index (χ0) is 10.7. The molecular formula is C13H21NO. The summed E-state index contributed by atoms with van der Waals surface area (Å²) in [5.74, 6) is 0.434. The van der Waals surface area contributed by atoms with E-state index in [1.165, 1.54) is 19.3 Å². The van der Waals surface area contributed by atoms with Crippen LogP contribution in [0, 0.1) is 22.7 Å². The van der Waals surface area contributed by atoms with E-state index >= 15 is 0 Å². The second-order valence-electron chi connectivity index (χ2n) is 5.32. The average Bonchev–Trinajstić information content (AvgIpc) is 3.01. The zero-order valence-electron chi connectivity index (χ0n) is 9.41. The molecule has 1 atom stereocenters. The molecule has 1 N–H and O–H groups in total. The fourth-order valence-electron chi connectivity index (χ4n) is 2.87. The minimum atomic E-state index is -0.401. The summed E-state index contributed by atoms with van der Waals surface area (Å²) >= 11 is 0. The summed E-state index contributed by atoms with van der Waals surface area (Å²) in [6.45, 7) is 0. The summed E-state index contributed by atoms with van der Waals surface area (Å²) in [6.07, 6.45) is 9.77. The normalized spacial score (nSPS) is 28.5. The lowest BCUT2D eigenvalue weighted by molar-refractivity contribution is 0.0273. The first-order valence-corrected chi connectivity index (χ1v) is 6.38. The van der Waals surface area contributed by atoms with E-state index in [1.54, 1.807) is 0 Å². The second-order valence-corrected chi connectivity index (χ2v) is 5.32. The van der Waals surface area contributed by atoms with Crippen LogP contribution in [0.5, 0.6) is 0 Å². The molecular weight excluding hydrogens is 186 g/mol. The number of nitrogens with zero attached hydrogens (tertiary/aromatic N) is 1. The lowest BCUT2D eigenvalue weighted by Gasteiger charge is -2.33. The first-order valence-electron chi connectivity index (χ1n) is 6.38. The summed E-state index contributed by atoms with van der Waals surface area (Å²) in [5.41, 5.74) is -0.401. The molecule has 2 aliphatic carbocycles. The SMILES string of the molecule is N#CC1(C(O)C2CC2)CCCCCCC1. The summed E-state index contributed by atoms with van der Waals surface area (Å²) in [5, 5.41) is 19.7. The predicted molar refractivity (Wildman–Crippen MR) is 59.1 cm³/mol. The molecule has 2 aliphatic rings. The van der Waals surface area contributed by atoms with Gasteiger partial charge >= 0.3 is 0 Å². The van der Waals surface area contributed by atoms with E-state index in [2.05, 4.69) is 6.07 Å². The standard InChI is InChI=1S/C13H21NO/c14-10-13(12(15)11-6-7-11)8-4-2-1-3-5-9-13/h11-12,15H,1-9H2. The van der Waals surface area contributed by atoms with Gasteiger partial charge in [0.1, 0.15) is 0 Å². The van der Waals surface area contributed by atoms with Crippen LogP contribution in [-0.4, -0.2) is 11.2 Å². The molecule has 2 heteroatoms. The molecule has 0 radical (unpaired) electrons. The van der Waals surface area contributed by atoms with Crippen molar-refractivity contribution in [3.63, 3.8) is 0 Å². The molecule has 0 aromatic carbocycles. The molecule has 2 fully saturated rings. The number of aliphatic hydroxyl groups excluding tert-OH is 1. The van der Waals surface area contributed by atoms with Crippen molar-refractivity contribution in [1.29, 1.82) is 5.26 Å². The first-order chi connectivity index (χ1) is 7.28. The van der Waals surface area contributed by atoms with Crippen LogP contribution >= 0.6 is 0 Å². The molecule has 84 valence electrons. The van der Waals surface area contributed by atoms with Crippen molar-refractivity contribution in [2.75, 3.05) is 0 Å². The minimum absolute atomic E-state index is 0.347. The van der Waals surface area contributed by atoms with Gasteiger partial charge in [0.25, 0.3) is 0 Å². The van der Waals surface area contributed by atoms with Crippen molar-refractivity contribution >= 4 is 0 Å². The number of nitriles is 1. The van der Waals surface area contributed by atoms with E-state index in [4.69, 9.17) is 0 Å². The molecule has 2 nitrogen and oxygen atoms in total. The Morgan fingerprint density at radius 2 is 1.60 bits per heavy atom. The van der Waals surface area contributed by atoms with Gasteiger partial charge in [-0.1, -0.05) is 32.1 Å². The summed E-state index contributed by atoms with van der Waals surface area (Å²) in [7, 11) is 0. The Labute approximate surface area is 92.3 Å². The largest absolute Gasteiger partial charge is 0.391 e. The van der Waals surface area contributed by atoms with Crippen LogP contribution < -0.4 is 0 Å². The quantitative estimate of drug-likeness (QED) is 0.756. The maximum atomic E-state index is 10.3. The van der Waals surface area contributed by atoms with Gasteiger partial charge in [0, 0.05) is 0 Å². The van der Waals surface area contributed by atoms with Crippen molar-refractivity contribution in [1.82, 2.24) is 0 Å². The Bertz CT molecular complexity index is 244. The highest BCUT2D eigenvalue weighted by atomic mass is 16.3. The molecule has 0 bridgehead atoms. The van der Waals surface area contributed by atoms with Gasteiger partial charge in [-0.3, -0.25) is 0 Å². The van der Waals surface area contributed by atoms with Crippen molar-refractivity contribution in [3.05, 3.63) is 0 Å². The van der Waals surface area contributed by atoms with Gasteiger partial charge < -0.3 is 5.11 Å². The summed E-state index contributed by atoms with van der Waals surface area (Å²) in [6, 6.07) is 2.46. The van der Waals surface area contributed by atoms with E-state index in [0.29, 0.717) is 5.92 Å². The van der Waals surface area contributed by atoms with E-state index in [9.17, 15) is 10.4 Å². The van der Waals surface area contributed by atoms with E-state index in [0.717, 1.165) is 38.5 Å². The minimum Gasteiger partial charge on any atom is -0.391 e. The van der Waals surface area contributed by atoms with Crippen LogP contribution in [0.1, 0.15) is 57.8 Å². The van der Waals surface area contributed by atoms with Gasteiger partial charge in [0.2, 0.25) is 0 Å². The molecule has 0 aromatic rings. The monoisotopic (exact) mass is 207 g/mol. The van der Waals surface area contributed by atoms with E-state index < -0.39 is 5.41 Å². The van der Waals surface area contributed by atoms with Crippen LogP contribution in [0.15, 0.2) is 0 Å². The Morgan fingerprint density at radius 3 is 2.07 bits per heavy atom. The predicted octanol–water partition coefficient (Wildman–Crippen LogP) is 3.01. The highest BCUT2D eigenvalue weighted by molar-refractivity contribution is 5.07. The highest BCUT2D eigenvalue weighted by Crippen LogP contribution is 2.46. The molecule has 0 saturated heterocycles. The van der Waals surface area contributed by atoms with Gasteiger partial charge in [-0.2, -0.15) is 5.26 Å². The Balaban J connectivity index is 2.06. The number of rotatable bonds is 2.